The van der Waals surface area contributed by atoms with E-state index >= 15 is 0 Å². The summed E-state index contributed by atoms with van der Waals surface area (Å²) in [7, 11) is 0. The van der Waals surface area contributed by atoms with Crippen LogP contribution in [-0.4, -0.2) is 21.7 Å². The molecular weight excluding hydrogens is 176 g/mol. The molecule has 1 aromatic rings. The fourth-order valence-corrected chi connectivity index (χ4v) is 1.30. The van der Waals surface area contributed by atoms with Gasteiger partial charge in [0.05, 0.1) is 6.61 Å². The van der Waals surface area contributed by atoms with Crippen LogP contribution in [0.5, 0.6) is 0 Å². The van der Waals surface area contributed by atoms with E-state index in [9.17, 15) is 0 Å². The summed E-state index contributed by atoms with van der Waals surface area (Å²) in [5, 5.41) is 9.13. The van der Waals surface area contributed by atoms with Gasteiger partial charge in [-0.05, 0) is 18.4 Å². The summed E-state index contributed by atoms with van der Waals surface area (Å²) in [6.07, 6.45) is 2.65. The highest BCUT2D eigenvalue weighted by Gasteiger charge is 2.12. The molecule has 1 heterocycles. The average Bonchev–Trinajstić information content (AvgIpc) is 2.20. The van der Waals surface area contributed by atoms with Gasteiger partial charge in [0.1, 0.15) is 5.82 Å². The normalized spacial score (nSPS) is 13.2. The zero-order chi connectivity index (χ0) is 10.6. The van der Waals surface area contributed by atoms with Crippen molar-refractivity contribution in [3.8, 4) is 0 Å². The van der Waals surface area contributed by atoms with E-state index in [4.69, 9.17) is 5.11 Å². The van der Waals surface area contributed by atoms with Crippen molar-refractivity contribution in [2.45, 2.75) is 39.0 Å². The molecule has 14 heavy (non-hydrogen) atoms. The minimum absolute atomic E-state index is 0.0775. The summed E-state index contributed by atoms with van der Waals surface area (Å²) in [6.45, 7) is 6.36. The summed E-state index contributed by atoms with van der Waals surface area (Å²) in [6, 6.07) is 1.93. The van der Waals surface area contributed by atoms with E-state index < -0.39 is 0 Å². The fraction of sp³-hybridized carbons (Fsp3) is 0.636. The monoisotopic (exact) mass is 194 g/mol. The van der Waals surface area contributed by atoms with Crippen molar-refractivity contribution in [1.82, 2.24) is 9.97 Å². The first-order valence-corrected chi connectivity index (χ1v) is 5.12. The van der Waals surface area contributed by atoms with Gasteiger partial charge >= 0.3 is 0 Å². The SMILES string of the molecule is CCC(CO)c1nccc(C(C)C)n1. The molecule has 3 heteroatoms. The Labute approximate surface area is 85.2 Å². The lowest BCUT2D eigenvalue weighted by Gasteiger charge is -2.12. The van der Waals surface area contributed by atoms with Crippen LogP contribution in [0.25, 0.3) is 0 Å². The molecule has 0 saturated carbocycles. The van der Waals surface area contributed by atoms with Crippen LogP contribution in [0.15, 0.2) is 12.3 Å². The number of rotatable bonds is 4. The molecule has 0 radical (unpaired) electrons. The molecule has 0 spiro atoms. The first-order chi connectivity index (χ1) is 6.69. The number of aliphatic hydroxyl groups is 1. The van der Waals surface area contributed by atoms with Crippen molar-refractivity contribution in [1.29, 1.82) is 0 Å². The Morgan fingerprint density at radius 2 is 2.14 bits per heavy atom. The second-order valence-electron chi connectivity index (χ2n) is 3.78. The Morgan fingerprint density at radius 1 is 1.43 bits per heavy atom. The Morgan fingerprint density at radius 3 is 2.64 bits per heavy atom. The number of aromatic nitrogens is 2. The van der Waals surface area contributed by atoms with Crippen molar-refractivity contribution in [2.24, 2.45) is 0 Å². The average molecular weight is 194 g/mol. The van der Waals surface area contributed by atoms with E-state index in [0.29, 0.717) is 5.92 Å². The quantitative estimate of drug-likeness (QED) is 0.798. The number of aliphatic hydroxyl groups excluding tert-OH is 1. The van der Waals surface area contributed by atoms with Crippen LogP contribution < -0.4 is 0 Å². The van der Waals surface area contributed by atoms with Crippen molar-refractivity contribution < 1.29 is 5.11 Å². The summed E-state index contributed by atoms with van der Waals surface area (Å²) in [5.74, 6) is 1.25. The number of hydrogen-bond acceptors (Lipinski definition) is 3. The van der Waals surface area contributed by atoms with Crippen LogP contribution in [-0.2, 0) is 0 Å². The molecular formula is C11H18N2O. The lowest BCUT2D eigenvalue weighted by Crippen LogP contribution is -2.09. The van der Waals surface area contributed by atoms with Crippen molar-refractivity contribution in [3.05, 3.63) is 23.8 Å². The smallest absolute Gasteiger partial charge is 0.133 e. The molecule has 0 saturated heterocycles. The molecule has 0 aliphatic heterocycles. The highest BCUT2D eigenvalue weighted by atomic mass is 16.3. The predicted octanol–water partition coefficient (Wildman–Crippen LogP) is 2.09. The van der Waals surface area contributed by atoms with E-state index in [1.54, 1.807) is 6.20 Å². The highest BCUT2D eigenvalue weighted by molar-refractivity contribution is 5.08. The van der Waals surface area contributed by atoms with Gasteiger partial charge in [-0.2, -0.15) is 0 Å². The lowest BCUT2D eigenvalue weighted by molar-refractivity contribution is 0.257. The highest BCUT2D eigenvalue weighted by Crippen LogP contribution is 2.17. The molecule has 1 atom stereocenters. The molecule has 0 aromatic carbocycles. The summed E-state index contributed by atoms with van der Waals surface area (Å²) in [5.41, 5.74) is 1.04. The van der Waals surface area contributed by atoms with Crippen molar-refractivity contribution in [3.63, 3.8) is 0 Å². The molecule has 1 rings (SSSR count). The maximum Gasteiger partial charge on any atom is 0.133 e. The molecule has 0 amide bonds. The standard InChI is InChI=1S/C11H18N2O/c1-4-9(7-14)11-12-6-5-10(13-11)8(2)3/h5-6,8-9,14H,4,7H2,1-3H3. The number of hydrogen-bond donors (Lipinski definition) is 1. The van der Waals surface area contributed by atoms with Crippen LogP contribution in [0.2, 0.25) is 0 Å². The zero-order valence-corrected chi connectivity index (χ0v) is 9.07. The van der Waals surface area contributed by atoms with Gasteiger partial charge in [-0.3, -0.25) is 0 Å². The molecule has 0 fully saturated rings. The molecule has 3 nitrogen and oxygen atoms in total. The van der Waals surface area contributed by atoms with Crippen LogP contribution in [0.1, 0.15) is 50.5 Å². The molecule has 0 aliphatic carbocycles. The lowest BCUT2D eigenvalue weighted by atomic mass is 10.1. The second kappa shape index (κ2) is 5.05. The molecule has 1 aromatic heterocycles. The van der Waals surface area contributed by atoms with Gasteiger partial charge in [0, 0.05) is 17.8 Å². The minimum atomic E-state index is 0.0775. The van der Waals surface area contributed by atoms with Crippen LogP contribution >= 0.6 is 0 Å². The number of nitrogens with zero attached hydrogens (tertiary/aromatic N) is 2. The van der Waals surface area contributed by atoms with Gasteiger partial charge in [0.25, 0.3) is 0 Å². The second-order valence-corrected chi connectivity index (χ2v) is 3.78. The van der Waals surface area contributed by atoms with Gasteiger partial charge in [0.15, 0.2) is 0 Å². The summed E-state index contributed by atoms with van der Waals surface area (Å²) < 4.78 is 0. The van der Waals surface area contributed by atoms with Gasteiger partial charge < -0.3 is 5.11 Å². The van der Waals surface area contributed by atoms with Gasteiger partial charge in [-0.15, -0.1) is 0 Å². The van der Waals surface area contributed by atoms with Crippen LogP contribution in [0, 0.1) is 0 Å². The summed E-state index contributed by atoms with van der Waals surface area (Å²) >= 11 is 0. The largest absolute Gasteiger partial charge is 0.396 e. The molecule has 0 bridgehead atoms. The van der Waals surface area contributed by atoms with Crippen LogP contribution in [0.4, 0.5) is 0 Å². The predicted molar refractivity (Wildman–Crippen MR) is 56.2 cm³/mol. The third kappa shape index (κ3) is 2.51. The van der Waals surface area contributed by atoms with Crippen molar-refractivity contribution in [2.75, 3.05) is 6.61 Å². The van der Waals surface area contributed by atoms with E-state index in [1.165, 1.54) is 0 Å². The van der Waals surface area contributed by atoms with Gasteiger partial charge in [-0.1, -0.05) is 20.8 Å². The first kappa shape index (κ1) is 11.1. The molecule has 1 unspecified atom stereocenters. The van der Waals surface area contributed by atoms with Gasteiger partial charge in [-0.25, -0.2) is 9.97 Å². The topological polar surface area (TPSA) is 46.0 Å². The molecule has 0 aliphatic rings. The maximum absolute atomic E-state index is 9.13. The van der Waals surface area contributed by atoms with E-state index in [1.807, 2.05) is 13.0 Å². The molecule has 1 N–H and O–H groups in total. The minimum Gasteiger partial charge on any atom is -0.396 e. The third-order valence-corrected chi connectivity index (χ3v) is 2.37. The molecule has 78 valence electrons. The van der Waals surface area contributed by atoms with Crippen LogP contribution in [0.3, 0.4) is 0 Å². The Kier molecular flexibility index (Phi) is 4.01. The Balaban J connectivity index is 2.92. The van der Waals surface area contributed by atoms with Crippen molar-refractivity contribution >= 4 is 0 Å². The first-order valence-electron chi connectivity index (χ1n) is 5.12. The third-order valence-electron chi connectivity index (χ3n) is 2.37. The van der Waals surface area contributed by atoms with E-state index in [2.05, 4.69) is 23.8 Å². The Hall–Kier alpha value is -0.960. The van der Waals surface area contributed by atoms with Gasteiger partial charge in [0.2, 0.25) is 0 Å². The summed E-state index contributed by atoms with van der Waals surface area (Å²) in [4.78, 5) is 8.64. The fourth-order valence-electron chi connectivity index (χ4n) is 1.30. The van der Waals surface area contributed by atoms with E-state index in [-0.39, 0.29) is 12.5 Å². The Bertz CT molecular complexity index is 282. The van der Waals surface area contributed by atoms with E-state index in [0.717, 1.165) is 17.9 Å². The zero-order valence-electron chi connectivity index (χ0n) is 9.07. The maximum atomic E-state index is 9.13.